The van der Waals surface area contributed by atoms with Crippen LogP contribution in [-0.4, -0.2) is 25.0 Å². The van der Waals surface area contributed by atoms with E-state index in [1.807, 2.05) is 0 Å². The maximum atomic E-state index is 13.4. The van der Waals surface area contributed by atoms with Crippen LogP contribution >= 0.6 is 0 Å². The molecule has 0 spiro atoms. The number of hydrogen-bond acceptors (Lipinski definition) is 3. The quantitative estimate of drug-likeness (QED) is 0.863. The highest BCUT2D eigenvalue weighted by molar-refractivity contribution is 7.89. The highest BCUT2D eigenvalue weighted by atomic mass is 32.2. The van der Waals surface area contributed by atoms with Crippen LogP contribution in [0.1, 0.15) is 25.8 Å². The number of nitrogens with one attached hydrogen (secondary N) is 1. The van der Waals surface area contributed by atoms with E-state index >= 15 is 0 Å². The first-order chi connectivity index (χ1) is 8.62. The number of halogens is 1. The second kappa shape index (κ2) is 5.26. The summed E-state index contributed by atoms with van der Waals surface area (Å²) in [7, 11) is -4.09. The minimum absolute atomic E-state index is 0.0654. The number of carboxylic acids is 1. The van der Waals surface area contributed by atoms with E-state index in [0.717, 1.165) is 6.07 Å². The Morgan fingerprint density at radius 3 is 2.47 bits per heavy atom. The van der Waals surface area contributed by atoms with Crippen molar-refractivity contribution in [1.82, 2.24) is 4.72 Å². The number of carboxylic acid groups (broad SMARTS) is 1. The molecule has 0 aliphatic rings. The van der Waals surface area contributed by atoms with Gasteiger partial charge in [0.25, 0.3) is 0 Å². The van der Waals surface area contributed by atoms with Crippen LogP contribution in [0.25, 0.3) is 0 Å². The van der Waals surface area contributed by atoms with Gasteiger partial charge in [-0.25, -0.2) is 12.8 Å². The van der Waals surface area contributed by atoms with E-state index in [-0.39, 0.29) is 11.3 Å². The minimum atomic E-state index is -4.09. The molecule has 7 heteroatoms. The Morgan fingerprint density at radius 2 is 2.05 bits per heavy atom. The summed E-state index contributed by atoms with van der Waals surface area (Å²) in [5, 5.41) is 9.04. The highest BCUT2D eigenvalue weighted by Crippen LogP contribution is 2.18. The van der Waals surface area contributed by atoms with Crippen molar-refractivity contribution in [2.24, 2.45) is 0 Å². The molecule has 0 saturated heterocycles. The average molecular weight is 289 g/mol. The van der Waals surface area contributed by atoms with Gasteiger partial charge in [-0.2, -0.15) is 4.72 Å². The summed E-state index contributed by atoms with van der Waals surface area (Å²) in [6.07, 6.45) is 0.0654. The lowest BCUT2D eigenvalue weighted by atomic mass is 10.0. The zero-order valence-electron chi connectivity index (χ0n) is 10.9. The first-order valence-corrected chi connectivity index (χ1v) is 7.14. The van der Waals surface area contributed by atoms with Crippen LogP contribution in [0, 0.1) is 12.7 Å². The molecular formula is C12H16FNO4S. The zero-order valence-corrected chi connectivity index (χ0v) is 11.7. The van der Waals surface area contributed by atoms with Crippen molar-refractivity contribution in [2.75, 3.05) is 0 Å². The molecule has 0 heterocycles. The third-order valence-electron chi connectivity index (χ3n) is 2.99. The average Bonchev–Trinajstić information content (AvgIpc) is 2.31. The van der Waals surface area contributed by atoms with Crippen LogP contribution in [0.4, 0.5) is 4.39 Å². The van der Waals surface area contributed by atoms with Gasteiger partial charge in [0, 0.05) is 0 Å². The summed E-state index contributed by atoms with van der Waals surface area (Å²) in [6, 6.07) is 3.43. The van der Waals surface area contributed by atoms with Crippen LogP contribution in [-0.2, 0) is 14.8 Å². The van der Waals surface area contributed by atoms with E-state index in [2.05, 4.69) is 4.72 Å². The first-order valence-electron chi connectivity index (χ1n) is 5.66. The molecule has 106 valence electrons. The molecule has 1 atom stereocenters. The third kappa shape index (κ3) is 3.30. The number of carbonyl (C=O) groups is 1. The Bertz CT molecular complexity index is 600. The Hall–Kier alpha value is -1.47. The molecule has 0 aromatic heterocycles. The van der Waals surface area contributed by atoms with Crippen molar-refractivity contribution in [3.63, 3.8) is 0 Å². The molecule has 0 aliphatic carbocycles. The van der Waals surface area contributed by atoms with Gasteiger partial charge in [-0.15, -0.1) is 0 Å². The zero-order chi connectivity index (χ0) is 14.8. The van der Waals surface area contributed by atoms with E-state index in [1.165, 1.54) is 26.0 Å². The highest BCUT2D eigenvalue weighted by Gasteiger charge is 2.36. The molecule has 1 rings (SSSR count). The summed E-state index contributed by atoms with van der Waals surface area (Å²) in [5.74, 6) is -1.94. The number of hydrogen-bond donors (Lipinski definition) is 2. The van der Waals surface area contributed by atoms with Crippen LogP contribution in [0.2, 0.25) is 0 Å². The molecule has 1 unspecified atom stereocenters. The van der Waals surface area contributed by atoms with Gasteiger partial charge >= 0.3 is 5.97 Å². The summed E-state index contributed by atoms with van der Waals surface area (Å²) >= 11 is 0. The topological polar surface area (TPSA) is 83.5 Å². The maximum Gasteiger partial charge on any atom is 0.324 e. The molecule has 0 aliphatic heterocycles. The fraction of sp³-hybridized carbons (Fsp3) is 0.417. The number of sulfonamides is 1. The standard InChI is InChI=1S/C12H16FNO4S/c1-4-12(3,11(15)16)14-19(17,18)9-6-5-8(2)10(13)7-9/h5-7,14H,4H2,1-3H3,(H,15,16). The lowest BCUT2D eigenvalue weighted by Crippen LogP contribution is -2.51. The molecule has 5 nitrogen and oxygen atoms in total. The monoisotopic (exact) mass is 289 g/mol. The van der Waals surface area contributed by atoms with Crippen LogP contribution in [0.3, 0.4) is 0 Å². The van der Waals surface area contributed by atoms with Gasteiger partial charge in [-0.3, -0.25) is 4.79 Å². The Labute approximate surface area is 111 Å². The number of aliphatic carboxylic acids is 1. The van der Waals surface area contributed by atoms with Crippen molar-refractivity contribution in [2.45, 2.75) is 37.6 Å². The van der Waals surface area contributed by atoms with E-state index in [0.29, 0.717) is 5.56 Å². The van der Waals surface area contributed by atoms with Gasteiger partial charge in [-0.05, 0) is 38.0 Å². The van der Waals surface area contributed by atoms with Crippen molar-refractivity contribution in [3.05, 3.63) is 29.6 Å². The van der Waals surface area contributed by atoms with Gasteiger partial charge in [0.2, 0.25) is 10.0 Å². The van der Waals surface area contributed by atoms with E-state index in [9.17, 15) is 17.6 Å². The van der Waals surface area contributed by atoms with Crippen LogP contribution in [0.5, 0.6) is 0 Å². The Balaban J connectivity index is 3.18. The van der Waals surface area contributed by atoms with E-state index in [1.54, 1.807) is 6.92 Å². The number of benzene rings is 1. The normalized spacial score (nSPS) is 14.9. The molecule has 2 N–H and O–H groups in total. The lowest BCUT2D eigenvalue weighted by Gasteiger charge is -2.24. The van der Waals surface area contributed by atoms with Crippen molar-refractivity contribution < 1.29 is 22.7 Å². The molecule has 1 aromatic carbocycles. The largest absolute Gasteiger partial charge is 0.480 e. The molecule has 0 bridgehead atoms. The molecule has 0 saturated carbocycles. The molecule has 0 fully saturated rings. The van der Waals surface area contributed by atoms with E-state index in [4.69, 9.17) is 5.11 Å². The second-order valence-electron chi connectivity index (χ2n) is 4.51. The molecule has 19 heavy (non-hydrogen) atoms. The second-order valence-corrected chi connectivity index (χ2v) is 6.19. The first kappa shape index (κ1) is 15.6. The lowest BCUT2D eigenvalue weighted by molar-refractivity contribution is -0.143. The predicted octanol–water partition coefficient (Wildman–Crippen LogP) is 1.67. The predicted molar refractivity (Wildman–Crippen MR) is 67.8 cm³/mol. The van der Waals surface area contributed by atoms with Gasteiger partial charge in [0.15, 0.2) is 0 Å². The van der Waals surface area contributed by atoms with Gasteiger partial charge < -0.3 is 5.11 Å². The van der Waals surface area contributed by atoms with Crippen molar-refractivity contribution in [3.8, 4) is 0 Å². The summed E-state index contributed by atoms with van der Waals surface area (Å²) < 4.78 is 39.5. The van der Waals surface area contributed by atoms with E-state index < -0.39 is 27.3 Å². The Morgan fingerprint density at radius 1 is 1.47 bits per heavy atom. The molecule has 0 radical (unpaired) electrons. The molecule has 1 aromatic rings. The SMILES string of the molecule is CCC(C)(NS(=O)(=O)c1ccc(C)c(F)c1)C(=O)O. The minimum Gasteiger partial charge on any atom is -0.480 e. The summed E-state index contributed by atoms with van der Waals surface area (Å²) in [5.41, 5.74) is -1.31. The smallest absolute Gasteiger partial charge is 0.324 e. The van der Waals surface area contributed by atoms with Crippen LogP contribution in [0.15, 0.2) is 23.1 Å². The third-order valence-corrected chi connectivity index (χ3v) is 4.59. The maximum absolute atomic E-state index is 13.4. The number of rotatable bonds is 5. The Kier molecular flexibility index (Phi) is 4.32. The summed E-state index contributed by atoms with van der Waals surface area (Å²) in [4.78, 5) is 10.8. The molecule has 0 amide bonds. The van der Waals surface area contributed by atoms with Gasteiger partial charge in [0.05, 0.1) is 4.90 Å². The molecular weight excluding hydrogens is 273 g/mol. The summed E-state index contributed by atoms with van der Waals surface area (Å²) in [6.45, 7) is 4.32. The van der Waals surface area contributed by atoms with Crippen molar-refractivity contribution in [1.29, 1.82) is 0 Å². The van der Waals surface area contributed by atoms with Crippen LogP contribution < -0.4 is 4.72 Å². The number of aryl methyl sites for hydroxylation is 1. The van der Waals surface area contributed by atoms with Gasteiger partial charge in [0.1, 0.15) is 11.4 Å². The fourth-order valence-corrected chi connectivity index (χ4v) is 2.81. The fourth-order valence-electron chi connectivity index (χ4n) is 1.36. The van der Waals surface area contributed by atoms with Crippen molar-refractivity contribution >= 4 is 16.0 Å². The van der Waals surface area contributed by atoms with Gasteiger partial charge in [-0.1, -0.05) is 13.0 Å².